The first-order chi connectivity index (χ1) is 12.3. The number of rotatable bonds is 4. The molecule has 0 aliphatic carbocycles. The summed E-state index contributed by atoms with van der Waals surface area (Å²) < 4.78 is 13.0. The number of anilines is 1. The minimum Gasteiger partial charge on any atom is -0.341 e. The maximum absolute atomic E-state index is 13.0. The van der Waals surface area contributed by atoms with E-state index in [-0.39, 0.29) is 30.6 Å². The second kappa shape index (κ2) is 9.64. The van der Waals surface area contributed by atoms with Gasteiger partial charge in [0.1, 0.15) is 11.6 Å². The van der Waals surface area contributed by atoms with Crippen molar-refractivity contribution in [2.75, 3.05) is 31.1 Å². The summed E-state index contributed by atoms with van der Waals surface area (Å²) >= 11 is 0. The van der Waals surface area contributed by atoms with Crippen molar-refractivity contribution in [1.82, 2.24) is 24.8 Å². The Morgan fingerprint density at radius 2 is 1.59 bits per heavy atom. The van der Waals surface area contributed by atoms with E-state index in [4.69, 9.17) is 0 Å². The minimum atomic E-state index is -0.240. The predicted octanol–water partition coefficient (Wildman–Crippen LogP) is 3.17. The molecule has 0 bridgehead atoms. The van der Waals surface area contributed by atoms with Crippen LogP contribution in [0.25, 0.3) is 11.4 Å². The molecular weight excluding hydrogens is 390 g/mol. The molecule has 1 aromatic carbocycles. The Kier molecular flexibility index (Phi) is 7.53. The highest BCUT2D eigenvalue weighted by Gasteiger charge is 2.19. The van der Waals surface area contributed by atoms with Gasteiger partial charge >= 0.3 is 0 Å². The molecule has 1 aliphatic rings. The molecule has 3 aromatic rings. The number of piperazine rings is 1. The predicted molar refractivity (Wildman–Crippen MR) is 108 cm³/mol. The molecule has 27 heavy (non-hydrogen) atoms. The van der Waals surface area contributed by atoms with Crippen LogP contribution < -0.4 is 4.90 Å². The highest BCUT2D eigenvalue weighted by Crippen LogP contribution is 2.17. The standard InChI is InChI=1S/C18H19FN6.2ClH/c19-15-4-2-14(3-5-15)17-22-12-16(23-17)13-24-8-10-25(11-9-24)18-20-6-1-7-21-18;;/h1-7,12H,8-11,13H2,(H,22,23);2*1H. The number of hydrogen-bond acceptors (Lipinski definition) is 5. The smallest absolute Gasteiger partial charge is 0.225 e. The molecule has 9 heteroatoms. The van der Waals surface area contributed by atoms with Crippen LogP contribution in [0.2, 0.25) is 0 Å². The fourth-order valence-electron chi connectivity index (χ4n) is 3.00. The van der Waals surface area contributed by atoms with E-state index in [1.165, 1.54) is 12.1 Å². The van der Waals surface area contributed by atoms with Crippen molar-refractivity contribution in [2.45, 2.75) is 6.54 Å². The molecule has 144 valence electrons. The van der Waals surface area contributed by atoms with Crippen molar-refractivity contribution in [1.29, 1.82) is 0 Å². The third-order valence-corrected chi connectivity index (χ3v) is 4.35. The molecule has 0 saturated carbocycles. The molecule has 0 radical (unpaired) electrons. The number of halogens is 3. The number of benzene rings is 1. The molecule has 2 aromatic heterocycles. The van der Waals surface area contributed by atoms with Gasteiger partial charge in [-0.05, 0) is 30.3 Å². The van der Waals surface area contributed by atoms with E-state index in [0.29, 0.717) is 0 Å². The Labute approximate surface area is 169 Å². The Morgan fingerprint density at radius 3 is 2.26 bits per heavy atom. The molecule has 0 atom stereocenters. The lowest BCUT2D eigenvalue weighted by Gasteiger charge is -2.34. The van der Waals surface area contributed by atoms with Gasteiger partial charge in [-0.3, -0.25) is 4.90 Å². The third kappa shape index (κ3) is 5.15. The monoisotopic (exact) mass is 410 g/mol. The first kappa shape index (κ1) is 21.1. The third-order valence-electron chi connectivity index (χ3n) is 4.35. The summed E-state index contributed by atoms with van der Waals surface area (Å²) in [4.78, 5) is 20.9. The van der Waals surface area contributed by atoms with E-state index >= 15 is 0 Å². The van der Waals surface area contributed by atoms with Gasteiger partial charge in [-0.25, -0.2) is 19.3 Å². The fraction of sp³-hybridized carbons (Fsp3) is 0.278. The highest BCUT2D eigenvalue weighted by atomic mass is 35.5. The lowest BCUT2D eigenvalue weighted by molar-refractivity contribution is 0.246. The maximum Gasteiger partial charge on any atom is 0.225 e. The number of aromatic amines is 1. The molecule has 1 N–H and O–H groups in total. The summed E-state index contributed by atoms with van der Waals surface area (Å²) in [6, 6.07) is 8.19. The average molecular weight is 411 g/mol. The van der Waals surface area contributed by atoms with Crippen LogP contribution in [0.15, 0.2) is 48.9 Å². The van der Waals surface area contributed by atoms with Crippen molar-refractivity contribution in [3.05, 3.63) is 60.4 Å². The molecule has 4 rings (SSSR count). The molecule has 1 saturated heterocycles. The van der Waals surface area contributed by atoms with Crippen LogP contribution in [0.1, 0.15) is 5.69 Å². The second-order valence-electron chi connectivity index (χ2n) is 6.08. The van der Waals surface area contributed by atoms with Gasteiger partial charge in [0.2, 0.25) is 5.95 Å². The summed E-state index contributed by atoms with van der Waals surface area (Å²) in [5.41, 5.74) is 1.95. The van der Waals surface area contributed by atoms with E-state index in [1.54, 1.807) is 24.5 Å². The van der Waals surface area contributed by atoms with Crippen LogP contribution in [-0.4, -0.2) is 51.0 Å². The number of H-pyrrole nitrogens is 1. The average Bonchev–Trinajstić information content (AvgIpc) is 3.12. The second-order valence-corrected chi connectivity index (χ2v) is 6.08. The largest absolute Gasteiger partial charge is 0.341 e. The lowest BCUT2D eigenvalue weighted by atomic mass is 10.2. The molecule has 1 fully saturated rings. The molecule has 0 unspecified atom stereocenters. The van der Waals surface area contributed by atoms with Gasteiger partial charge in [0.15, 0.2) is 0 Å². The van der Waals surface area contributed by atoms with Gasteiger partial charge in [0.25, 0.3) is 0 Å². The van der Waals surface area contributed by atoms with Crippen LogP contribution in [-0.2, 0) is 6.54 Å². The van der Waals surface area contributed by atoms with Crippen LogP contribution >= 0.6 is 24.8 Å². The zero-order chi connectivity index (χ0) is 17.1. The topological polar surface area (TPSA) is 60.9 Å². The maximum atomic E-state index is 13.0. The van der Waals surface area contributed by atoms with Crippen molar-refractivity contribution in [3.63, 3.8) is 0 Å². The van der Waals surface area contributed by atoms with Crippen molar-refractivity contribution in [3.8, 4) is 11.4 Å². The Morgan fingerprint density at radius 1 is 0.926 bits per heavy atom. The van der Waals surface area contributed by atoms with Crippen LogP contribution in [0, 0.1) is 5.82 Å². The molecule has 0 amide bonds. The van der Waals surface area contributed by atoms with Crippen LogP contribution in [0.4, 0.5) is 10.3 Å². The number of aromatic nitrogens is 4. The quantitative estimate of drug-likeness (QED) is 0.715. The zero-order valence-corrected chi connectivity index (χ0v) is 16.2. The van der Waals surface area contributed by atoms with Crippen molar-refractivity contribution in [2.24, 2.45) is 0 Å². The minimum absolute atomic E-state index is 0. The van der Waals surface area contributed by atoms with Crippen molar-refractivity contribution >= 4 is 30.8 Å². The SMILES string of the molecule is Cl.Cl.Fc1ccc(-c2ncc(CN3CCN(c4ncccn4)CC3)[nH]2)cc1. The number of imidazole rings is 1. The van der Waals surface area contributed by atoms with E-state index in [9.17, 15) is 4.39 Å². The normalized spacial score (nSPS) is 14.3. The first-order valence-electron chi connectivity index (χ1n) is 8.32. The summed E-state index contributed by atoms with van der Waals surface area (Å²) in [7, 11) is 0. The molecule has 6 nitrogen and oxygen atoms in total. The first-order valence-corrected chi connectivity index (χ1v) is 8.32. The summed E-state index contributed by atoms with van der Waals surface area (Å²) in [5, 5.41) is 0. The van der Waals surface area contributed by atoms with E-state index < -0.39 is 0 Å². The van der Waals surface area contributed by atoms with Gasteiger partial charge in [0.05, 0.1) is 0 Å². The van der Waals surface area contributed by atoms with Gasteiger partial charge in [-0.15, -0.1) is 24.8 Å². The van der Waals surface area contributed by atoms with E-state index in [2.05, 4.69) is 29.7 Å². The van der Waals surface area contributed by atoms with Crippen molar-refractivity contribution < 1.29 is 4.39 Å². The van der Waals surface area contributed by atoms with E-state index in [1.807, 2.05) is 12.3 Å². The molecule has 0 spiro atoms. The van der Waals surface area contributed by atoms with E-state index in [0.717, 1.165) is 55.8 Å². The zero-order valence-electron chi connectivity index (χ0n) is 14.6. The molecule has 1 aliphatic heterocycles. The van der Waals surface area contributed by atoms with Gasteiger partial charge in [-0.2, -0.15) is 0 Å². The number of hydrogen-bond donors (Lipinski definition) is 1. The summed E-state index contributed by atoms with van der Waals surface area (Å²) in [6.45, 7) is 4.52. The highest BCUT2D eigenvalue weighted by molar-refractivity contribution is 5.85. The Bertz CT molecular complexity index is 819. The van der Waals surface area contributed by atoms with Crippen LogP contribution in [0.5, 0.6) is 0 Å². The molecule has 3 heterocycles. The van der Waals surface area contributed by atoms with Crippen LogP contribution in [0.3, 0.4) is 0 Å². The number of nitrogens with zero attached hydrogens (tertiary/aromatic N) is 5. The number of nitrogens with one attached hydrogen (secondary N) is 1. The Balaban J connectivity index is 0.00000131. The lowest BCUT2D eigenvalue weighted by Crippen LogP contribution is -2.46. The fourth-order valence-corrected chi connectivity index (χ4v) is 3.00. The molecular formula is C18H21Cl2FN6. The summed E-state index contributed by atoms with van der Waals surface area (Å²) in [6.07, 6.45) is 5.40. The van der Waals surface area contributed by atoms with Gasteiger partial charge in [-0.1, -0.05) is 0 Å². The summed E-state index contributed by atoms with van der Waals surface area (Å²) in [5.74, 6) is 1.32. The Hall–Kier alpha value is -2.22. The van der Waals surface area contributed by atoms with Gasteiger partial charge in [0, 0.05) is 62.6 Å². The van der Waals surface area contributed by atoms with Gasteiger partial charge < -0.3 is 9.88 Å².